The van der Waals surface area contributed by atoms with Gasteiger partial charge in [0.05, 0.1) is 0 Å². The molecule has 0 bridgehead atoms. The molecule has 1 aliphatic carbocycles. The minimum absolute atomic E-state index is 0.143. The second kappa shape index (κ2) is 12.2. The second-order valence-corrected chi connectivity index (χ2v) is 18.2. The maximum absolute atomic E-state index is 12.1. The zero-order valence-electron chi connectivity index (χ0n) is 19.0. The van der Waals surface area contributed by atoms with Gasteiger partial charge in [-0.1, -0.05) is 47.0 Å². The molecule has 1 aliphatic rings. The maximum Gasteiger partial charge on any atom is 0.331 e. The van der Waals surface area contributed by atoms with E-state index >= 15 is 0 Å². The van der Waals surface area contributed by atoms with Crippen molar-refractivity contribution < 1.29 is 27.7 Å². The van der Waals surface area contributed by atoms with Crippen molar-refractivity contribution in [3.8, 4) is 0 Å². The van der Waals surface area contributed by atoms with Gasteiger partial charge in [0.1, 0.15) is 16.6 Å². The molecule has 0 spiro atoms. The van der Waals surface area contributed by atoms with E-state index in [1.165, 1.54) is 6.42 Å². The Labute approximate surface area is 181 Å². The number of carbonyl (C=O) groups is 2. The maximum atomic E-state index is 12.1. The Morgan fingerprint density at radius 2 is 1.86 bits per heavy atom. The fraction of sp³-hybridized carbons (Fsp3) is 0.800. The van der Waals surface area contributed by atoms with E-state index in [0.717, 1.165) is 56.3 Å². The van der Waals surface area contributed by atoms with E-state index in [0.29, 0.717) is 16.4 Å². The highest BCUT2D eigenvalue weighted by Gasteiger charge is 2.42. The van der Waals surface area contributed by atoms with Crippen LogP contribution in [0.25, 0.3) is 0 Å². The second-order valence-electron chi connectivity index (χ2n) is 9.24. The van der Waals surface area contributed by atoms with E-state index in [2.05, 4.69) is 34.2 Å². The SMILES string of the molecule is CC[Si](C)(O[SiH](CCC(OC(=O)/C=C/C(=O)O)C1CCCCC1)O[SiH3])C(C)(C)C. The van der Waals surface area contributed by atoms with Gasteiger partial charge in [0.25, 0.3) is 9.28 Å². The highest BCUT2D eigenvalue weighted by molar-refractivity contribution is 6.80. The van der Waals surface area contributed by atoms with Gasteiger partial charge in [-0.3, -0.25) is 0 Å². The lowest BCUT2D eigenvalue weighted by Gasteiger charge is -2.41. The first-order valence-electron chi connectivity index (χ1n) is 10.8. The third kappa shape index (κ3) is 8.87. The number of esters is 1. The summed E-state index contributed by atoms with van der Waals surface area (Å²) in [5.74, 6) is -1.38. The fourth-order valence-corrected chi connectivity index (χ4v) is 12.6. The van der Waals surface area contributed by atoms with Crippen LogP contribution < -0.4 is 0 Å². The number of carbonyl (C=O) groups excluding carboxylic acids is 1. The Morgan fingerprint density at radius 1 is 1.24 bits per heavy atom. The molecular weight excluding hydrogens is 420 g/mol. The molecule has 0 aliphatic heterocycles. The predicted octanol–water partition coefficient (Wildman–Crippen LogP) is 3.44. The molecule has 0 aromatic heterocycles. The van der Waals surface area contributed by atoms with Crippen LogP contribution in [-0.2, 0) is 22.6 Å². The molecule has 1 rings (SSSR count). The zero-order valence-corrected chi connectivity index (χ0v) is 23.2. The lowest BCUT2D eigenvalue weighted by Crippen LogP contribution is -2.48. The normalized spacial score (nSPS) is 20.3. The Balaban J connectivity index is 2.80. The van der Waals surface area contributed by atoms with Crippen LogP contribution in [0, 0.1) is 5.92 Å². The molecule has 1 N–H and O–H groups in total. The van der Waals surface area contributed by atoms with Crippen LogP contribution in [0.5, 0.6) is 0 Å². The molecule has 0 aromatic carbocycles. The van der Waals surface area contributed by atoms with E-state index in [1.807, 2.05) is 0 Å². The molecule has 168 valence electrons. The molecule has 6 nitrogen and oxygen atoms in total. The highest BCUT2D eigenvalue weighted by Crippen LogP contribution is 2.40. The summed E-state index contributed by atoms with van der Waals surface area (Å²) in [5.41, 5.74) is 0. The van der Waals surface area contributed by atoms with Crippen LogP contribution in [0.1, 0.15) is 66.2 Å². The van der Waals surface area contributed by atoms with Crippen LogP contribution in [0.3, 0.4) is 0 Å². The molecule has 1 fully saturated rings. The van der Waals surface area contributed by atoms with E-state index in [4.69, 9.17) is 18.1 Å². The minimum Gasteiger partial charge on any atom is -0.478 e. The minimum atomic E-state index is -1.90. The fourth-order valence-electron chi connectivity index (χ4n) is 3.83. The van der Waals surface area contributed by atoms with Crippen LogP contribution >= 0.6 is 0 Å². The molecule has 0 radical (unpaired) electrons. The van der Waals surface area contributed by atoms with Crippen molar-refractivity contribution in [2.24, 2.45) is 5.92 Å². The lowest BCUT2D eigenvalue weighted by molar-refractivity contribution is -0.147. The van der Waals surface area contributed by atoms with Crippen LogP contribution in [0.4, 0.5) is 0 Å². The van der Waals surface area contributed by atoms with Crippen molar-refractivity contribution in [1.29, 1.82) is 0 Å². The molecule has 0 saturated heterocycles. The Hall–Kier alpha value is -0.749. The molecule has 1 saturated carbocycles. The van der Waals surface area contributed by atoms with Crippen LogP contribution in [0.15, 0.2) is 12.2 Å². The molecule has 9 heteroatoms. The van der Waals surface area contributed by atoms with Crippen molar-refractivity contribution in [2.45, 2.75) is 96.0 Å². The average molecular weight is 461 g/mol. The van der Waals surface area contributed by atoms with Crippen LogP contribution in [0.2, 0.25) is 23.7 Å². The van der Waals surface area contributed by atoms with Crippen LogP contribution in [-0.4, -0.2) is 51.2 Å². The summed E-state index contributed by atoms with van der Waals surface area (Å²) in [6, 6.07) is 1.87. The summed E-state index contributed by atoms with van der Waals surface area (Å²) >= 11 is 0. The van der Waals surface area contributed by atoms with Crippen molar-refractivity contribution in [2.75, 3.05) is 0 Å². The molecule has 0 heterocycles. The van der Waals surface area contributed by atoms with Gasteiger partial charge in [-0.05, 0) is 48.9 Å². The van der Waals surface area contributed by atoms with Gasteiger partial charge in [-0.25, -0.2) is 9.59 Å². The number of carboxylic acid groups (broad SMARTS) is 1. The van der Waals surface area contributed by atoms with Gasteiger partial charge in [-0.2, -0.15) is 0 Å². The topological polar surface area (TPSA) is 82.1 Å². The Kier molecular flexibility index (Phi) is 11.0. The first kappa shape index (κ1) is 26.3. The summed E-state index contributed by atoms with van der Waals surface area (Å²) in [4.78, 5) is 22.8. The van der Waals surface area contributed by atoms with Gasteiger partial charge >= 0.3 is 11.9 Å². The summed E-state index contributed by atoms with van der Waals surface area (Å²) in [5, 5.41) is 8.88. The van der Waals surface area contributed by atoms with Crippen molar-refractivity contribution in [1.82, 2.24) is 0 Å². The molecule has 0 aromatic rings. The quantitative estimate of drug-likeness (QED) is 0.289. The highest BCUT2D eigenvalue weighted by atomic mass is 28.4. The summed E-state index contributed by atoms with van der Waals surface area (Å²) in [7, 11) is -3.08. The van der Waals surface area contributed by atoms with E-state index in [1.54, 1.807) is 0 Å². The Morgan fingerprint density at radius 3 is 2.34 bits per heavy atom. The Bertz CT molecular complexity index is 557. The molecule has 3 atom stereocenters. The summed E-state index contributed by atoms with van der Waals surface area (Å²) in [6.07, 6.45) is 8.03. The smallest absolute Gasteiger partial charge is 0.331 e. The van der Waals surface area contributed by atoms with Gasteiger partial charge in [0.2, 0.25) is 0 Å². The number of rotatable bonds is 11. The van der Waals surface area contributed by atoms with Crippen molar-refractivity contribution in [3.63, 3.8) is 0 Å². The van der Waals surface area contributed by atoms with Gasteiger partial charge < -0.3 is 18.1 Å². The molecule has 3 unspecified atom stereocenters. The average Bonchev–Trinajstić information content (AvgIpc) is 2.67. The number of hydrogen-bond donors (Lipinski definition) is 1. The summed E-state index contributed by atoms with van der Waals surface area (Å²) < 4.78 is 18.3. The molecular formula is C20H40O6Si3. The first-order chi connectivity index (χ1) is 13.5. The van der Waals surface area contributed by atoms with E-state index in [-0.39, 0.29) is 11.1 Å². The third-order valence-corrected chi connectivity index (χ3v) is 17.0. The first-order valence-corrected chi connectivity index (χ1v) is 16.0. The number of hydrogen-bond acceptors (Lipinski definition) is 5. The number of carboxylic acids is 1. The van der Waals surface area contributed by atoms with Gasteiger partial charge in [0, 0.05) is 12.2 Å². The van der Waals surface area contributed by atoms with E-state index in [9.17, 15) is 9.59 Å². The van der Waals surface area contributed by atoms with Gasteiger partial charge in [-0.15, -0.1) is 0 Å². The van der Waals surface area contributed by atoms with Crippen molar-refractivity contribution in [3.05, 3.63) is 12.2 Å². The largest absolute Gasteiger partial charge is 0.478 e. The standard InChI is InChI=1S/C20H40O6Si3/c1-6-29(5,20(2,3)4)26-28(25-27)15-14-17(16-10-8-7-9-11-16)24-19(23)13-12-18(21)22/h12-13,16-17,28H,6-11,14-15H2,1-5,27H3,(H,21,22)/b13-12+. The van der Waals surface area contributed by atoms with Gasteiger partial charge in [0.15, 0.2) is 8.32 Å². The molecule has 0 amide bonds. The predicted molar refractivity (Wildman–Crippen MR) is 124 cm³/mol. The third-order valence-electron chi connectivity index (χ3n) is 6.41. The zero-order chi connectivity index (χ0) is 22.1. The lowest BCUT2D eigenvalue weighted by atomic mass is 9.84. The number of aliphatic carboxylic acids is 1. The summed E-state index contributed by atoms with van der Waals surface area (Å²) in [6.45, 7) is 11.3. The molecule has 29 heavy (non-hydrogen) atoms. The number of ether oxygens (including phenoxy) is 1. The van der Waals surface area contributed by atoms with Crippen molar-refractivity contribution >= 4 is 40.0 Å². The van der Waals surface area contributed by atoms with E-state index < -0.39 is 29.5 Å². The monoisotopic (exact) mass is 460 g/mol.